The lowest BCUT2D eigenvalue weighted by Crippen LogP contribution is -2.26. The molecule has 0 unspecified atom stereocenters. The second kappa shape index (κ2) is 9.79. The van der Waals surface area contributed by atoms with Gasteiger partial charge in [0, 0.05) is 31.4 Å². The Hall–Kier alpha value is -2.78. The van der Waals surface area contributed by atoms with Crippen LogP contribution in [0.3, 0.4) is 0 Å². The molecule has 3 N–H and O–H groups in total. The number of aryl methyl sites for hydroxylation is 3. The first kappa shape index (κ1) is 20.5. The molecule has 0 saturated heterocycles. The summed E-state index contributed by atoms with van der Waals surface area (Å²) in [6.07, 6.45) is 4.81. The van der Waals surface area contributed by atoms with E-state index in [1.165, 1.54) is 12.3 Å². The van der Waals surface area contributed by atoms with Crippen LogP contribution in [0.1, 0.15) is 37.0 Å². The van der Waals surface area contributed by atoms with Crippen molar-refractivity contribution in [2.45, 2.75) is 45.2 Å². The molecular weight excluding hydrogens is 359 g/mol. The van der Waals surface area contributed by atoms with Gasteiger partial charge in [-0.3, -0.25) is 0 Å². The fourth-order valence-electron chi connectivity index (χ4n) is 2.19. The highest BCUT2D eigenvalue weighted by Crippen LogP contribution is 2.14. The topological polar surface area (TPSA) is 102 Å². The fraction of sp³-hybridized carbons (Fsp3) is 0.471. The van der Waals surface area contributed by atoms with E-state index in [0.29, 0.717) is 18.1 Å². The largest absolute Gasteiger partial charge is 0.408 e. The summed E-state index contributed by atoms with van der Waals surface area (Å²) in [4.78, 5) is 20.2. The van der Waals surface area contributed by atoms with E-state index in [1.54, 1.807) is 0 Å². The van der Waals surface area contributed by atoms with E-state index in [1.807, 2.05) is 12.4 Å². The number of unbranched alkanes of at least 4 members (excludes halogenated alkanes) is 1. The Kier molecular flexibility index (Phi) is 7.44. The van der Waals surface area contributed by atoms with E-state index in [2.05, 4.69) is 37.2 Å². The number of nitrogens with one attached hydrogen (secondary N) is 1. The summed E-state index contributed by atoms with van der Waals surface area (Å²) in [5, 5.41) is 2.54. The van der Waals surface area contributed by atoms with Gasteiger partial charge < -0.3 is 11.1 Å². The first-order valence-electron chi connectivity index (χ1n) is 8.61. The number of aliphatic imine (C=N–C) groups is 1. The minimum absolute atomic E-state index is 0.307. The maximum atomic E-state index is 12.1. The Morgan fingerprint density at radius 3 is 2.41 bits per heavy atom. The van der Waals surface area contributed by atoms with Crippen molar-refractivity contribution >= 4 is 11.8 Å². The zero-order valence-corrected chi connectivity index (χ0v) is 15.0. The molecule has 0 atom stereocenters. The number of guanidine groups is 1. The molecule has 0 spiro atoms. The van der Waals surface area contributed by atoms with Crippen LogP contribution in [-0.2, 0) is 19.3 Å². The van der Waals surface area contributed by atoms with E-state index in [4.69, 9.17) is 5.73 Å². The van der Waals surface area contributed by atoms with Gasteiger partial charge in [0.1, 0.15) is 24.0 Å². The molecule has 27 heavy (non-hydrogen) atoms. The molecule has 2 rings (SSSR count). The van der Waals surface area contributed by atoms with Crippen LogP contribution >= 0.6 is 0 Å². The van der Waals surface area contributed by atoms with Crippen LogP contribution in [0.4, 0.5) is 19.0 Å². The van der Waals surface area contributed by atoms with E-state index in [0.717, 1.165) is 37.1 Å². The van der Waals surface area contributed by atoms with Crippen molar-refractivity contribution in [1.29, 1.82) is 0 Å². The highest BCUT2D eigenvalue weighted by molar-refractivity contribution is 5.91. The minimum atomic E-state index is -4.40. The summed E-state index contributed by atoms with van der Waals surface area (Å²) >= 11 is 0. The first-order valence-corrected chi connectivity index (χ1v) is 8.61. The van der Waals surface area contributed by atoms with Crippen molar-refractivity contribution < 1.29 is 13.2 Å². The van der Waals surface area contributed by atoms with Crippen LogP contribution in [0.5, 0.6) is 0 Å². The third-order valence-corrected chi connectivity index (χ3v) is 3.61. The van der Waals surface area contributed by atoms with Gasteiger partial charge in [-0.1, -0.05) is 6.92 Å². The van der Waals surface area contributed by atoms with Crippen LogP contribution in [0.25, 0.3) is 0 Å². The summed E-state index contributed by atoms with van der Waals surface area (Å²) < 4.78 is 36.4. The molecule has 0 aliphatic rings. The normalized spacial score (nSPS) is 12.2. The minimum Gasteiger partial charge on any atom is -0.370 e. The van der Waals surface area contributed by atoms with Gasteiger partial charge in [-0.15, -0.1) is 0 Å². The Morgan fingerprint density at radius 2 is 1.78 bits per heavy atom. The lowest BCUT2D eigenvalue weighted by atomic mass is 10.1. The van der Waals surface area contributed by atoms with Gasteiger partial charge in [-0.25, -0.2) is 24.9 Å². The molecule has 2 heterocycles. The SMILES string of the molecule is CCc1cnc(CCCCc2nccc(NC(N)=NCC(F)(F)F)n2)nc1. The molecule has 0 fully saturated rings. The summed E-state index contributed by atoms with van der Waals surface area (Å²) in [7, 11) is 0. The Morgan fingerprint density at radius 1 is 1.11 bits per heavy atom. The monoisotopic (exact) mass is 381 g/mol. The number of alkyl halides is 3. The van der Waals surface area contributed by atoms with Crippen molar-refractivity contribution in [2.24, 2.45) is 10.7 Å². The Balaban J connectivity index is 1.79. The van der Waals surface area contributed by atoms with Crippen molar-refractivity contribution in [2.75, 3.05) is 11.9 Å². The molecule has 0 aromatic carbocycles. The molecule has 0 saturated carbocycles. The summed E-state index contributed by atoms with van der Waals surface area (Å²) in [6.45, 7) is 0.711. The second-order valence-corrected chi connectivity index (χ2v) is 5.87. The van der Waals surface area contributed by atoms with Crippen molar-refractivity contribution in [3.63, 3.8) is 0 Å². The average molecular weight is 381 g/mol. The Bertz CT molecular complexity index is 745. The molecule has 0 aliphatic heterocycles. The zero-order valence-electron chi connectivity index (χ0n) is 15.0. The number of nitrogens with two attached hydrogens (primary N) is 1. The quantitative estimate of drug-likeness (QED) is 0.414. The van der Waals surface area contributed by atoms with E-state index in [9.17, 15) is 13.2 Å². The highest BCUT2D eigenvalue weighted by Gasteiger charge is 2.26. The first-order chi connectivity index (χ1) is 12.9. The molecule has 0 amide bonds. The van der Waals surface area contributed by atoms with Crippen molar-refractivity contribution in [3.05, 3.63) is 41.9 Å². The maximum Gasteiger partial charge on any atom is 0.408 e. The predicted octanol–water partition coefficient (Wildman–Crippen LogP) is 2.68. The van der Waals surface area contributed by atoms with Gasteiger partial charge in [0.05, 0.1) is 0 Å². The number of hydrogen-bond acceptors (Lipinski definition) is 5. The molecule has 7 nitrogen and oxygen atoms in total. The van der Waals surface area contributed by atoms with Gasteiger partial charge in [0.2, 0.25) is 0 Å². The molecule has 0 bridgehead atoms. The molecule has 146 valence electrons. The zero-order chi connectivity index (χ0) is 19.7. The average Bonchev–Trinajstić information content (AvgIpc) is 2.64. The number of halogens is 3. The smallest absolute Gasteiger partial charge is 0.370 e. The highest BCUT2D eigenvalue weighted by atomic mass is 19.4. The Labute approximate surface area is 155 Å². The van der Waals surface area contributed by atoms with Crippen LogP contribution in [0.2, 0.25) is 0 Å². The third-order valence-electron chi connectivity index (χ3n) is 3.61. The number of anilines is 1. The second-order valence-electron chi connectivity index (χ2n) is 5.87. The van der Waals surface area contributed by atoms with Gasteiger partial charge >= 0.3 is 6.18 Å². The van der Waals surface area contributed by atoms with Crippen molar-refractivity contribution in [3.8, 4) is 0 Å². The van der Waals surface area contributed by atoms with E-state index in [-0.39, 0.29) is 5.96 Å². The number of hydrogen-bond donors (Lipinski definition) is 2. The van der Waals surface area contributed by atoms with E-state index >= 15 is 0 Å². The third kappa shape index (κ3) is 7.97. The lowest BCUT2D eigenvalue weighted by Gasteiger charge is -2.07. The van der Waals surface area contributed by atoms with Gasteiger partial charge in [0.25, 0.3) is 0 Å². The van der Waals surface area contributed by atoms with Crippen LogP contribution in [0.15, 0.2) is 29.6 Å². The van der Waals surface area contributed by atoms with Gasteiger partial charge in [-0.05, 0) is 30.9 Å². The standard InChI is InChI=1S/C17H22F3N7/c1-2-12-9-23-13(24-10-12)5-3-4-6-14-22-8-7-15(26-14)27-16(21)25-11-17(18,19)20/h7-10H,2-6,11H2,1H3,(H3,21,22,25,26,27). The number of rotatable bonds is 8. The summed E-state index contributed by atoms with van der Waals surface area (Å²) in [5.41, 5.74) is 6.54. The molecular formula is C17H22F3N7. The maximum absolute atomic E-state index is 12.1. The molecule has 0 aliphatic carbocycles. The predicted molar refractivity (Wildman–Crippen MR) is 96.3 cm³/mol. The van der Waals surface area contributed by atoms with Crippen LogP contribution in [0, 0.1) is 0 Å². The van der Waals surface area contributed by atoms with Gasteiger partial charge in [-0.2, -0.15) is 13.2 Å². The van der Waals surface area contributed by atoms with Crippen molar-refractivity contribution in [1.82, 2.24) is 19.9 Å². The number of nitrogens with zero attached hydrogens (tertiary/aromatic N) is 5. The molecule has 2 aromatic heterocycles. The molecule has 2 aromatic rings. The molecule has 0 radical (unpaired) electrons. The summed E-state index contributed by atoms with van der Waals surface area (Å²) in [6, 6.07) is 1.52. The van der Waals surface area contributed by atoms with E-state index < -0.39 is 12.7 Å². The molecule has 10 heteroatoms. The van der Waals surface area contributed by atoms with Gasteiger partial charge in [0.15, 0.2) is 5.96 Å². The lowest BCUT2D eigenvalue weighted by molar-refractivity contribution is -0.118. The van der Waals surface area contributed by atoms with Crippen LogP contribution < -0.4 is 11.1 Å². The summed E-state index contributed by atoms with van der Waals surface area (Å²) in [5.74, 6) is 1.34. The van der Waals surface area contributed by atoms with Crippen LogP contribution in [-0.4, -0.2) is 38.6 Å². The fourth-order valence-corrected chi connectivity index (χ4v) is 2.19. The number of aromatic nitrogens is 4.